The third-order valence-corrected chi connectivity index (χ3v) is 7.44. The number of pyridine rings is 2. The van der Waals surface area contributed by atoms with E-state index in [1.165, 1.54) is 12.3 Å². The van der Waals surface area contributed by atoms with Crippen LogP contribution in [0.5, 0.6) is 0 Å². The van der Waals surface area contributed by atoms with Gasteiger partial charge in [-0.2, -0.15) is 0 Å². The molecule has 10 heteroatoms. The number of aryl methyl sites for hydroxylation is 1. The van der Waals surface area contributed by atoms with Gasteiger partial charge in [-0.25, -0.2) is 22.8 Å². The van der Waals surface area contributed by atoms with Crippen LogP contribution >= 0.6 is 0 Å². The fraction of sp³-hybridized carbons (Fsp3) is 0.346. The first-order valence-electron chi connectivity index (χ1n) is 11.6. The van der Waals surface area contributed by atoms with Gasteiger partial charge in [-0.1, -0.05) is 6.07 Å². The molecule has 1 amide bonds. The lowest BCUT2D eigenvalue weighted by Crippen LogP contribution is -2.30. The van der Waals surface area contributed by atoms with Crippen LogP contribution in [0.2, 0.25) is 0 Å². The van der Waals surface area contributed by atoms with Gasteiger partial charge >= 0.3 is 0 Å². The van der Waals surface area contributed by atoms with Gasteiger partial charge in [-0.05, 0) is 55.7 Å². The van der Waals surface area contributed by atoms with Crippen LogP contribution in [0.25, 0.3) is 11.1 Å². The van der Waals surface area contributed by atoms with Crippen LogP contribution < -0.4 is 10.2 Å². The molecule has 190 valence electrons. The Hall–Kier alpha value is -3.40. The summed E-state index contributed by atoms with van der Waals surface area (Å²) in [6, 6.07) is 8.30. The summed E-state index contributed by atoms with van der Waals surface area (Å²) in [6.07, 6.45) is 6.18. The van der Waals surface area contributed by atoms with E-state index in [0.717, 1.165) is 16.7 Å². The number of nitrogens with one attached hydrogen (secondary N) is 2. The minimum absolute atomic E-state index is 0.0806. The van der Waals surface area contributed by atoms with Gasteiger partial charge in [0.05, 0.1) is 15.3 Å². The van der Waals surface area contributed by atoms with E-state index in [-0.39, 0.29) is 31.4 Å². The van der Waals surface area contributed by atoms with E-state index < -0.39 is 21.6 Å². The van der Waals surface area contributed by atoms with E-state index in [9.17, 15) is 17.8 Å². The molecular formula is C26H29F2N5O2S. The molecule has 1 atom stereocenters. The highest BCUT2D eigenvalue weighted by molar-refractivity contribution is 7.91. The fourth-order valence-electron chi connectivity index (χ4n) is 4.38. The Morgan fingerprint density at radius 2 is 1.92 bits per heavy atom. The fourth-order valence-corrected chi connectivity index (χ4v) is 5.07. The van der Waals surface area contributed by atoms with Crippen LogP contribution in [0.15, 0.2) is 53.8 Å². The van der Waals surface area contributed by atoms with Crippen molar-refractivity contribution >= 4 is 27.1 Å². The third kappa shape index (κ3) is 5.70. The van der Waals surface area contributed by atoms with E-state index in [1.807, 2.05) is 19.9 Å². The Kier molecular flexibility index (Phi) is 7.08. The first kappa shape index (κ1) is 25.7. The van der Waals surface area contributed by atoms with Crippen molar-refractivity contribution in [3.63, 3.8) is 0 Å². The molecule has 2 aromatic heterocycles. The van der Waals surface area contributed by atoms with Crippen molar-refractivity contribution in [2.45, 2.75) is 43.9 Å². The monoisotopic (exact) mass is 513 g/mol. The maximum atomic E-state index is 14.1. The molecular weight excluding hydrogens is 484 g/mol. The molecule has 0 spiro atoms. The normalized spacial score (nSPS) is 17.2. The Labute approximate surface area is 209 Å². The van der Waals surface area contributed by atoms with Gasteiger partial charge in [0.15, 0.2) is 0 Å². The lowest BCUT2D eigenvalue weighted by molar-refractivity contribution is -0.0102. The molecule has 0 saturated carbocycles. The summed E-state index contributed by atoms with van der Waals surface area (Å²) in [6.45, 7) is 4.17. The highest BCUT2D eigenvalue weighted by Crippen LogP contribution is 2.34. The zero-order chi connectivity index (χ0) is 26.1. The summed E-state index contributed by atoms with van der Waals surface area (Å²) >= 11 is 0. The molecule has 0 bridgehead atoms. The van der Waals surface area contributed by atoms with Crippen molar-refractivity contribution in [2.75, 3.05) is 29.6 Å². The summed E-state index contributed by atoms with van der Waals surface area (Å²) < 4.78 is 48.2. The summed E-state index contributed by atoms with van der Waals surface area (Å²) in [5, 5.41) is 2.83. The average Bonchev–Trinajstić information content (AvgIpc) is 2.98. The van der Waals surface area contributed by atoms with Gasteiger partial charge in [0, 0.05) is 72.5 Å². The number of alkyl halides is 2. The van der Waals surface area contributed by atoms with Crippen LogP contribution in [0, 0.1) is 18.6 Å². The van der Waals surface area contributed by atoms with Crippen molar-refractivity contribution in [2.24, 2.45) is 0 Å². The number of aromatic nitrogens is 2. The SMILES string of the molecule is Cc1cncc(-c2cnc(N3CCCC(F)(F)CC3)c(C(=O)Nc3cccc(S(C)(=N)=O)c3)c2C)c1. The van der Waals surface area contributed by atoms with E-state index in [2.05, 4.69) is 15.3 Å². The number of hydrogen-bond donors (Lipinski definition) is 2. The van der Waals surface area contributed by atoms with E-state index in [1.54, 1.807) is 41.7 Å². The van der Waals surface area contributed by atoms with E-state index >= 15 is 0 Å². The molecule has 0 aliphatic carbocycles. The van der Waals surface area contributed by atoms with Crippen LogP contribution in [-0.4, -0.2) is 45.4 Å². The van der Waals surface area contributed by atoms with Crippen LogP contribution in [0.3, 0.4) is 0 Å². The number of anilines is 2. The quantitative estimate of drug-likeness (QED) is 0.458. The molecule has 1 saturated heterocycles. The number of carbonyl (C=O) groups excluding carboxylic acids is 1. The molecule has 3 heterocycles. The molecule has 36 heavy (non-hydrogen) atoms. The molecule has 0 radical (unpaired) electrons. The predicted molar refractivity (Wildman–Crippen MR) is 137 cm³/mol. The molecule has 1 aliphatic heterocycles. The second-order valence-electron chi connectivity index (χ2n) is 9.27. The van der Waals surface area contributed by atoms with E-state index in [4.69, 9.17) is 4.78 Å². The predicted octanol–water partition coefficient (Wildman–Crippen LogP) is 5.67. The molecule has 2 N–H and O–H groups in total. The number of rotatable bonds is 5. The van der Waals surface area contributed by atoms with Gasteiger partial charge in [0.2, 0.25) is 5.92 Å². The van der Waals surface area contributed by atoms with Crippen molar-refractivity contribution in [3.8, 4) is 11.1 Å². The average molecular weight is 514 g/mol. The Bertz CT molecular complexity index is 1410. The Morgan fingerprint density at radius 1 is 1.14 bits per heavy atom. The first-order chi connectivity index (χ1) is 16.9. The number of benzene rings is 1. The highest BCUT2D eigenvalue weighted by atomic mass is 32.2. The Balaban J connectivity index is 1.79. The molecule has 1 aromatic carbocycles. The smallest absolute Gasteiger partial charge is 0.259 e. The molecule has 7 nitrogen and oxygen atoms in total. The number of nitrogens with zero attached hydrogens (tertiary/aromatic N) is 3. The maximum absolute atomic E-state index is 14.1. The minimum atomic E-state index is -2.97. The van der Waals surface area contributed by atoms with Gasteiger partial charge in [-0.15, -0.1) is 0 Å². The lowest BCUT2D eigenvalue weighted by Gasteiger charge is -2.26. The van der Waals surface area contributed by atoms with Gasteiger partial charge in [-0.3, -0.25) is 9.78 Å². The van der Waals surface area contributed by atoms with Crippen LogP contribution in [0.1, 0.15) is 40.7 Å². The number of carbonyl (C=O) groups is 1. The number of amides is 1. The van der Waals surface area contributed by atoms with Gasteiger partial charge < -0.3 is 10.2 Å². The van der Waals surface area contributed by atoms with Crippen LogP contribution in [0.4, 0.5) is 20.3 Å². The summed E-state index contributed by atoms with van der Waals surface area (Å²) in [5.41, 5.74) is 3.79. The highest BCUT2D eigenvalue weighted by Gasteiger charge is 2.33. The second kappa shape index (κ2) is 9.93. The van der Waals surface area contributed by atoms with E-state index in [0.29, 0.717) is 28.5 Å². The molecule has 1 aliphatic rings. The second-order valence-corrected chi connectivity index (χ2v) is 11.4. The first-order valence-corrected chi connectivity index (χ1v) is 13.6. The standard InChI is InChI=1S/C26H29F2N5O2S/c1-17-12-19(15-30-14-17)22-16-31-24(33-10-5-8-26(27,28)9-11-33)23(18(22)2)25(34)32-20-6-4-7-21(13-20)36(3,29)35/h4,6-7,12-16,29H,5,8-11H2,1-3H3,(H,32,34). The van der Waals surface area contributed by atoms with Gasteiger partial charge in [0.1, 0.15) is 5.82 Å². The molecule has 4 rings (SSSR count). The minimum Gasteiger partial charge on any atom is -0.356 e. The van der Waals surface area contributed by atoms with Crippen molar-refractivity contribution in [3.05, 3.63) is 65.6 Å². The zero-order valence-corrected chi connectivity index (χ0v) is 21.3. The van der Waals surface area contributed by atoms with Crippen LogP contribution in [-0.2, 0) is 9.73 Å². The maximum Gasteiger partial charge on any atom is 0.259 e. The Morgan fingerprint density at radius 3 is 2.64 bits per heavy atom. The zero-order valence-electron chi connectivity index (χ0n) is 20.5. The summed E-state index contributed by atoms with van der Waals surface area (Å²) in [7, 11) is -2.97. The van der Waals surface area contributed by atoms with Crippen molar-refractivity contribution in [1.82, 2.24) is 9.97 Å². The molecule has 3 aromatic rings. The topological polar surface area (TPSA) is 99.0 Å². The number of halogens is 2. The molecule has 1 unspecified atom stereocenters. The van der Waals surface area contributed by atoms with Gasteiger partial charge in [0.25, 0.3) is 5.91 Å². The van der Waals surface area contributed by atoms with Crippen molar-refractivity contribution < 1.29 is 17.8 Å². The largest absolute Gasteiger partial charge is 0.356 e. The molecule has 1 fully saturated rings. The van der Waals surface area contributed by atoms with Crippen molar-refractivity contribution in [1.29, 1.82) is 4.78 Å². The summed E-state index contributed by atoms with van der Waals surface area (Å²) in [5.74, 6) is -2.86. The number of hydrogen-bond acceptors (Lipinski definition) is 6. The lowest BCUT2D eigenvalue weighted by atomic mass is 9.98. The summed E-state index contributed by atoms with van der Waals surface area (Å²) in [4.78, 5) is 24.6. The third-order valence-electron chi connectivity index (χ3n) is 6.29.